The molecule has 0 radical (unpaired) electrons. The van der Waals surface area contributed by atoms with E-state index in [0.717, 1.165) is 70.6 Å². The number of unbranched alkanes of at least 4 members (excludes halogenated alkanes) is 17. The van der Waals surface area contributed by atoms with Crippen molar-refractivity contribution in [3.05, 3.63) is 60.8 Å². The van der Waals surface area contributed by atoms with E-state index in [1.807, 2.05) is 21.1 Å². The molecule has 0 N–H and O–H groups in total. The Morgan fingerprint density at radius 1 is 0.534 bits per heavy atom. The van der Waals surface area contributed by atoms with E-state index in [1.54, 1.807) is 0 Å². The van der Waals surface area contributed by atoms with Crippen molar-refractivity contribution in [2.24, 2.45) is 0 Å². The Labute approximate surface area is 356 Å². The minimum Gasteiger partial charge on any atom is -0.756 e. The maximum atomic E-state index is 12.7. The molecule has 10 heteroatoms. The molecule has 2 atom stereocenters. The van der Waals surface area contributed by atoms with Crippen molar-refractivity contribution in [1.29, 1.82) is 0 Å². The summed E-state index contributed by atoms with van der Waals surface area (Å²) in [5, 5.41) is 0. The molecule has 336 valence electrons. The summed E-state index contributed by atoms with van der Waals surface area (Å²) in [6.07, 6.45) is 48.1. The molecule has 0 rings (SSSR count). The van der Waals surface area contributed by atoms with Crippen LogP contribution in [-0.4, -0.2) is 70.0 Å². The van der Waals surface area contributed by atoms with Gasteiger partial charge in [-0.1, -0.05) is 145 Å². The third-order valence-electron chi connectivity index (χ3n) is 9.51. The van der Waals surface area contributed by atoms with Gasteiger partial charge in [-0.25, -0.2) is 0 Å². The van der Waals surface area contributed by atoms with E-state index >= 15 is 0 Å². The van der Waals surface area contributed by atoms with E-state index in [1.165, 1.54) is 70.6 Å². The van der Waals surface area contributed by atoms with E-state index in [4.69, 9.17) is 18.5 Å². The molecule has 2 unspecified atom stereocenters. The van der Waals surface area contributed by atoms with Crippen molar-refractivity contribution in [3.63, 3.8) is 0 Å². The van der Waals surface area contributed by atoms with Crippen LogP contribution in [0, 0.1) is 0 Å². The molecule has 0 aromatic carbocycles. The molecule has 9 nitrogen and oxygen atoms in total. The Morgan fingerprint density at radius 3 is 1.45 bits per heavy atom. The third kappa shape index (κ3) is 43.3. The monoisotopic (exact) mass is 836 g/mol. The second kappa shape index (κ2) is 40.1. The number of allylic oxidation sites excluding steroid dienone is 10. The van der Waals surface area contributed by atoms with E-state index in [-0.39, 0.29) is 26.1 Å². The first kappa shape index (κ1) is 55.7. The zero-order valence-electron chi connectivity index (χ0n) is 37.7. The van der Waals surface area contributed by atoms with Gasteiger partial charge in [0.1, 0.15) is 19.8 Å². The Morgan fingerprint density at radius 2 is 0.931 bits per heavy atom. The lowest BCUT2D eigenvalue weighted by Crippen LogP contribution is -2.37. The summed E-state index contributed by atoms with van der Waals surface area (Å²) in [5.41, 5.74) is 0. The van der Waals surface area contributed by atoms with Crippen molar-refractivity contribution in [1.82, 2.24) is 0 Å². The van der Waals surface area contributed by atoms with E-state index in [0.29, 0.717) is 23.9 Å². The van der Waals surface area contributed by atoms with Gasteiger partial charge in [-0.2, -0.15) is 0 Å². The van der Waals surface area contributed by atoms with Crippen molar-refractivity contribution in [3.8, 4) is 0 Å². The van der Waals surface area contributed by atoms with Crippen LogP contribution in [0.4, 0.5) is 0 Å². The van der Waals surface area contributed by atoms with Crippen molar-refractivity contribution in [2.75, 3.05) is 47.5 Å². The zero-order chi connectivity index (χ0) is 42.8. The minimum absolute atomic E-state index is 0.0409. The topological polar surface area (TPSA) is 111 Å². The van der Waals surface area contributed by atoms with Gasteiger partial charge in [-0.3, -0.25) is 14.2 Å². The minimum atomic E-state index is -4.64. The van der Waals surface area contributed by atoms with Gasteiger partial charge in [0.15, 0.2) is 6.10 Å². The molecule has 0 bridgehead atoms. The first-order valence-corrected chi connectivity index (χ1v) is 24.5. The smallest absolute Gasteiger partial charge is 0.306 e. The highest BCUT2D eigenvalue weighted by Crippen LogP contribution is 2.38. The van der Waals surface area contributed by atoms with Crippen LogP contribution in [0.3, 0.4) is 0 Å². The van der Waals surface area contributed by atoms with Gasteiger partial charge >= 0.3 is 11.9 Å². The van der Waals surface area contributed by atoms with E-state index in [9.17, 15) is 19.0 Å². The number of carbonyl (C=O) groups excluding carboxylic acids is 2. The number of phosphoric ester groups is 1. The molecule has 0 amide bonds. The number of rotatable bonds is 41. The predicted octanol–water partition coefficient (Wildman–Crippen LogP) is 12.6. The van der Waals surface area contributed by atoms with Crippen LogP contribution in [0.15, 0.2) is 60.8 Å². The normalized spacial score (nSPS) is 14.1. The average Bonchev–Trinajstić information content (AvgIpc) is 3.17. The van der Waals surface area contributed by atoms with Gasteiger partial charge in [-0.05, 0) is 83.5 Å². The number of hydrogen-bond acceptors (Lipinski definition) is 8. The number of quaternary nitrogens is 1. The number of esters is 2. The van der Waals surface area contributed by atoms with Crippen LogP contribution in [0.5, 0.6) is 0 Å². The maximum Gasteiger partial charge on any atom is 0.306 e. The Hall–Kier alpha value is -2.29. The largest absolute Gasteiger partial charge is 0.756 e. The molecular weight excluding hydrogens is 750 g/mol. The van der Waals surface area contributed by atoms with Crippen LogP contribution < -0.4 is 4.89 Å². The van der Waals surface area contributed by atoms with Gasteiger partial charge in [0, 0.05) is 12.8 Å². The fraction of sp³-hybridized carbons (Fsp3) is 0.750. The first-order valence-electron chi connectivity index (χ1n) is 23.0. The molecule has 0 saturated carbocycles. The molecule has 0 fully saturated rings. The average molecular weight is 836 g/mol. The third-order valence-corrected chi connectivity index (χ3v) is 10.5. The number of phosphoric acid groups is 1. The molecule has 0 spiro atoms. The summed E-state index contributed by atoms with van der Waals surface area (Å²) < 4.78 is 33.9. The number of nitrogens with zero attached hydrogens (tertiary/aromatic N) is 1. The zero-order valence-corrected chi connectivity index (χ0v) is 38.6. The van der Waals surface area contributed by atoms with Gasteiger partial charge in [0.05, 0.1) is 27.7 Å². The Balaban J connectivity index is 4.43. The van der Waals surface area contributed by atoms with Crippen LogP contribution in [-0.2, 0) is 32.7 Å². The van der Waals surface area contributed by atoms with Crippen LogP contribution in [0.1, 0.15) is 181 Å². The fourth-order valence-corrected chi connectivity index (χ4v) is 6.60. The van der Waals surface area contributed by atoms with Gasteiger partial charge in [0.2, 0.25) is 0 Å². The summed E-state index contributed by atoms with van der Waals surface area (Å²) >= 11 is 0. The lowest BCUT2D eigenvalue weighted by molar-refractivity contribution is -0.870. The van der Waals surface area contributed by atoms with Crippen LogP contribution >= 0.6 is 7.82 Å². The molecule has 0 aromatic heterocycles. The first-order chi connectivity index (χ1) is 28.0. The predicted molar refractivity (Wildman–Crippen MR) is 240 cm³/mol. The summed E-state index contributed by atoms with van der Waals surface area (Å²) in [6, 6.07) is 0. The SMILES string of the molecule is CCCCC/C=C\C/C=C\C/C=C\C/C=C\CCCCCC(=O)OC(COC(=O)CCCCCCC/C=C\CCCCCCCC)COP(=O)([O-])OCC[N+](C)(C)C. The highest BCUT2D eigenvalue weighted by atomic mass is 31.2. The number of ether oxygens (including phenoxy) is 2. The Bertz CT molecular complexity index is 1170. The summed E-state index contributed by atoms with van der Waals surface area (Å²) in [5.74, 6) is -0.883. The molecule has 0 heterocycles. The molecule has 0 aromatic rings. The molecule has 0 aliphatic carbocycles. The van der Waals surface area contributed by atoms with Crippen LogP contribution in [0.25, 0.3) is 0 Å². The van der Waals surface area contributed by atoms with Crippen molar-refractivity contribution >= 4 is 19.8 Å². The second-order valence-corrected chi connectivity index (χ2v) is 17.8. The van der Waals surface area contributed by atoms with Gasteiger partial charge in [0.25, 0.3) is 7.82 Å². The molecule has 0 saturated heterocycles. The van der Waals surface area contributed by atoms with Crippen molar-refractivity contribution in [2.45, 2.75) is 187 Å². The van der Waals surface area contributed by atoms with Gasteiger partial charge in [-0.15, -0.1) is 0 Å². The number of hydrogen-bond donors (Lipinski definition) is 0. The molecule has 58 heavy (non-hydrogen) atoms. The number of carbonyl (C=O) groups is 2. The highest BCUT2D eigenvalue weighted by Gasteiger charge is 2.21. The summed E-state index contributed by atoms with van der Waals surface area (Å²) in [7, 11) is 1.13. The molecular formula is C48H86NO8P. The molecule has 0 aliphatic rings. The fourth-order valence-electron chi connectivity index (χ4n) is 5.87. The lowest BCUT2D eigenvalue weighted by Gasteiger charge is -2.28. The Kier molecular flexibility index (Phi) is 38.5. The van der Waals surface area contributed by atoms with Crippen molar-refractivity contribution < 1.29 is 42.1 Å². The van der Waals surface area contributed by atoms with Gasteiger partial charge < -0.3 is 27.9 Å². The summed E-state index contributed by atoms with van der Waals surface area (Å²) in [6.45, 7) is 4.14. The number of likely N-dealkylation sites (N-methyl/N-ethyl adjacent to an activating group) is 1. The second-order valence-electron chi connectivity index (χ2n) is 16.4. The highest BCUT2D eigenvalue weighted by molar-refractivity contribution is 7.45. The standard InChI is InChI=1S/C48H86NO8P/c1-6-8-10-12-14-16-18-20-22-23-24-25-27-29-31-33-35-37-39-41-48(51)57-46(45-56-58(52,53)55-43-42-49(3,4)5)44-54-47(50)40-38-36-34-32-30-28-26-21-19-17-15-13-11-9-7-2/h14,16,20-22,24-26,29,31,46H,6-13,15,17-19,23,27-28,30,32-45H2,1-5H3/b16-14-,22-20-,25-24-,26-21-,31-29-. The lowest BCUT2D eigenvalue weighted by atomic mass is 10.1. The quantitative estimate of drug-likeness (QED) is 0.0197. The summed E-state index contributed by atoms with van der Waals surface area (Å²) in [4.78, 5) is 37.6. The van der Waals surface area contributed by atoms with E-state index < -0.39 is 32.5 Å². The van der Waals surface area contributed by atoms with E-state index in [2.05, 4.69) is 74.6 Å². The molecule has 0 aliphatic heterocycles. The van der Waals surface area contributed by atoms with Crippen LogP contribution in [0.2, 0.25) is 0 Å². The maximum absolute atomic E-state index is 12.7.